The van der Waals surface area contributed by atoms with Gasteiger partial charge in [-0.25, -0.2) is 0 Å². The number of carbonyl (C=O) groups excluding carboxylic acids is 1. The van der Waals surface area contributed by atoms with E-state index in [1.54, 1.807) is 11.8 Å². The molecule has 0 radical (unpaired) electrons. The molecule has 0 N–H and O–H groups in total. The third-order valence-electron chi connectivity index (χ3n) is 1.78. The van der Waals surface area contributed by atoms with Crippen molar-refractivity contribution in [1.82, 2.24) is 0 Å². The Morgan fingerprint density at radius 2 is 2.36 bits per heavy atom. The SMILES string of the molecule is CCCC1(C)OC(=O)C(C)S1. The minimum Gasteiger partial charge on any atom is -0.447 e. The molecule has 0 aromatic heterocycles. The summed E-state index contributed by atoms with van der Waals surface area (Å²) in [5.74, 6) is -0.0639. The lowest BCUT2D eigenvalue weighted by molar-refractivity contribution is -0.146. The number of esters is 1. The summed E-state index contributed by atoms with van der Waals surface area (Å²) in [5.41, 5.74) is 0. The summed E-state index contributed by atoms with van der Waals surface area (Å²) in [6, 6.07) is 0. The molecular formula is C8H14O2S. The second-order valence-corrected chi connectivity index (χ2v) is 4.87. The first-order valence-electron chi connectivity index (χ1n) is 3.98. The van der Waals surface area contributed by atoms with E-state index in [2.05, 4.69) is 6.92 Å². The molecule has 1 heterocycles. The monoisotopic (exact) mass is 174 g/mol. The van der Waals surface area contributed by atoms with Crippen LogP contribution in [0.4, 0.5) is 0 Å². The molecule has 0 aromatic rings. The standard InChI is InChI=1S/C8H14O2S/c1-4-5-8(3)10-7(9)6(2)11-8/h6H,4-5H2,1-3H3. The zero-order valence-electron chi connectivity index (χ0n) is 7.22. The van der Waals surface area contributed by atoms with Gasteiger partial charge in [0.2, 0.25) is 0 Å². The minimum absolute atomic E-state index is 0.0200. The van der Waals surface area contributed by atoms with Crippen molar-refractivity contribution < 1.29 is 9.53 Å². The Morgan fingerprint density at radius 3 is 2.73 bits per heavy atom. The molecule has 2 nitrogen and oxygen atoms in total. The molecule has 64 valence electrons. The normalized spacial score (nSPS) is 37.4. The van der Waals surface area contributed by atoms with Gasteiger partial charge in [-0.2, -0.15) is 0 Å². The van der Waals surface area contributed by atoms with E-state index in [1.807, 2.05) is 13.8 Å². The third kappa shape index (κ3) is 1.89. The summed E-state index contributed by atoms with van der Waals surface area (Å²) in [7, 11) is 0. The second kappa shape index (κ2) is 3.05. The highest BCUT2D eigenvalue weighted by Gasteiger charge is 2.40. The highest BCUT2D eigenvalue weighted by atomic mass is 32.2. The van der Waals surface area contributed by atoms with Gasteiger partial charge in [-0.3, -0.25) is 4.79 Å². The fourth-order valence-electron chi connectivity index (χ4n) is 1.31. The summed E-state index contributed by atoms with van der Waals surface area (Å²) >= 11 is 1.63. The lowest BCUT2D eigenvalue weighted by Crippen LogP contribution is -2.19. The number of ether oxygens (including phenoxy) is 1. The van der Waals surface area contributed by atoms with Crippen molar-refractivity contribution in [3.05, 3.63) is 0 Å². The summed E-state index contributed by atoms with van der Waals surface area (Å²) in [5, 5.41) is 0.0200. The number of cyclic esters (lactones) is 1. The van der Waals surface area contributed by atoms with Crippen LogP contribution in [-0.4, -0.2) is 16.2 Å². The number of hydrogen-bond acceptors (Lipinski definition) is 3. The van der Waals surface area contributed by atoms with Crippen molar-refractivity contribution in [3.63, 3.8) is 0 Å². The maximum Gasteiger partial charge on any atom is 0.320 e. The molecular weight excluding hydrogens is 160 g/mol. The smallest absolute Gasteiger partial charge is 0.320 e. The number of rotatable bonds is 2. The molecule has 0 aliphatic carbocycles. The van der Waals surface area contributed by atoms with Crippen LogP contribution in [0, 0.1) is 0 Å². The van der Waals surface area contributed by atoms with E-state index < -0.39 is 0 Å². The Kier molecular flexibility index (Phi) is 2.47. The quantitative estimate of drug-likeness (QED) is 0.600. The van der Waals surface area contributed by atoms with E-state index in [-0.39, 0.29) is 16.2 Å². The van der Waals surface area contributed by atoms with Crippen LogP contribution in [0.25, 0.3) is 0 Å². The Morgan fingerprint density at radius 1 is 1.73 bits per heavy atom. The van der Waals surface area contributed by atoms with Crippen molar-refractivity contribution in [2.24, 2.45) is 0 Å². The van der Waals surface area contributed by atoms with Crippen molar-refractivity contribution in [1.29, 1.82) is 0 Å². The fourth-order valence-corrected chi connectivity index (χ4v) is 2.65. The molecule has 0 saturated carbocycles. The van der Waals surface area contributed by atoms with Crippen molar-refractivity contribution in [2.75, 3.05) is 0 Å². The van der Waals surface area contributed by atoms with Crippen LogP contribution in [-0.2, 0) is 9.53 Å². The zero-order valence-corrected chi connectivity index (χ0v) is 8.03. The first-order chi connectivity index (χ1) is 5.07. The summed E-state index contributed by atoms with van der Waals surface area (Å²) in [6.07, 6.45) is 2.01. The van der Waals surface area contributed by atoms with Crippen LogP contribution in [0.5, 0.6) is 0 Å². The van der Waals surface area contributed by atoms with Gasteiger partial charge in [0.25, 0.3) is 0 Å². The first kappa shape index (κ1) is 8.91. The minimum atomic E-state index is -0.245. The van der Waals surface area contributed by atoms with Gasteiger partial charge >= 0.3 is 5.97 Å². The van der Waals surface area contributed by atoms with Crippen LogP contribution in [0.2, 0.25) is 0 Å². The fraction of sp³-hybridized carbons (Fsp3) is 0.875. The van der Waals surface area contributed by atoms with E-state index >= 15 is 0 Å². The predicted molar refractivity (Wildman–Crippen MR) is 46.5 cm³/mol. The average Bonchev–Trinajstić information content (AvgIpc) is 2.08. The lowest BCUT2D eigenvalue weighted by atomic mass is 10.2. The molecule has 2 unspecified atom stereocenters. The van der Waals surface area contributed by atoms with Crippen molar-refractivity contribution >= 4 is 17.7 Å². The molecule has 1 aliphatic rings. The summed E-state index contributed by atoms with van der Waals surface area (Å²) < 4.78 is 5.23. The number of hydrogen-bond donors (Lipinski definition) is 0. The van der Waals surface area contributed by atoms with Crippen LogP contribution in [0.3, 0.4) is 0 Å². The average molecular weight is 174 g/mol. The summed E-state index contributed by atoms with van der Waals surface area (Å²) in [4.78, 5) is 10.8. The van der Waals surface area contributed by atoms with Crippen LogP contribution < -0.4 is 0 Å². The van der Waals surface area contributed by atoms with Gasteiger partial charge in [-0.05, 0) is 20.3 Å². The lowest BCUT2D eigenvalue weighted by Gasteiger charge is -2.20. The highest BCUT2D eigenvalue weighted by Crippen LogP contribution is 2.41. The summed E-state index contributed by atoms with van der Waals surface area (Å²) in [6.45, 7) is 5.99. The molecule has 1 rings (SSSR count). The predicted octanol–water partition coefficient (Wildman–Crippen LogP) is 2.18. The third-order valence-corrected chi connectivity index (χ3v) is 3.11. The highest BCUT2D eigenvalue weighted by molar-refractivity contribution is 8.02. The van der Waals surface area contributed by atoms with E-state index in [9.17, 15) is 4.79 Å². The van der Waals surface area contributed by atoms with Gasteiger partial charge < -0.3 is 4.74 Å². The van der Waals surface area contributed by atoms with Gasteiger partial charge in [-0.15, -0.1) is 11.8 Å². The molecule has 0 aromatic carbocycles. The van der Waals surface area contributed by atoms with Gasteiger partial charge in [0, 0.05) is 0 Å². The largest absolute Gasteiger partial charge is 0.447 e. The Hall–Kier alpha value is -0.180. The Labute approximate surface area is 71.7 Å². The van der Waals surface area contributed by atoms with E-state index in [1.165, 1.54) is 0 Å². The van der Waals surface area contributed by atoms with Gasteiger partial charge in [-0.1, -0.05) is 13.3 Å². The van der Waals surface area contributed by atoms with Crippen LogP contribution in [0.1, 0.15) is 33.6 Å². The molecule has 11 heavy (non-hydrogen) atoms. The Bertz CT molecular complexity index is 169. The van der Waals surface area contributed by atoms with Gasteiger partial charge in [0.05, 0.1) is 0 Å². The first-order valence-corrected chi connectivity index (χ1v) is 4.86. The maximum atomic E-state index is 11.0. The van der Waals surface area contributed by atoms with E-state index in [0.29, 0.717) is 0 Å². The molecule has 0 bridgehead atoms. The van der Waals surface area contributed by atoms with Crippen molar-refractivity contribution in [2.45, 2.75) is 43.8 Å². The zero-order chi connectivity index (χ0) is 8.48. The molecule has 3 heteroatoms. The topological polar surface area (TPSA) is 26.3 Å². The van der Waals surface area contributed by atoms with Gasteiger partial charge in [0.1, 0.15) is 5.25 Å². The van der Waals surface area contributed by atoms with Crippen molar-refractivity contribution in [3.8, 4) is 0 Å². The number of carbonyl (C=O) groups is 1. The molecule has 2 atom stereocenters. The molecule has 0 spiro atoms. The molecule has 1 aliphatic heterocycles. The molecule has 1 fully saturated rings. The van der Waals surface area contributed by atoms with E-state index in [0.717, 1.165) is 12.8 Å². The number of thioether (sulfide) groups is 1. The van der Waals surface area contributed by atoms with Gasteiger partial charge in [0.15, 0.2) is 4.93 Å². The molecule has 1 saturated heterocycles. The van der Waals surface area contributed by atoms with Crippen LogP contribution >= 0.6 is 11.8 Å². The second-order valence-electron chi connectivity index (χ2n) is 3.06. The van der Waals surface area contributed by atoms with E-state index in [4.69, 9.17) is 4.74 Å². The van der Waals surface area contributed by atoms with Crippen LogP contribution in [0.15, 0.2) is 0 Å². The molecule has 0 amide bonds. The Balaban J connectivity index is 2.56. The maximum absolute atomic E-state index is 11.0.